The molecule has 1 N–H and O–H groups in total. The van der Waals surface area contributed by atoms with Gasteiger partial charge in [-0.05, 0) is 47.5 Å². The van der Waals surface area contributed by atoms with Crippen LogP contribution in [0.1, 0.15) is 11.1 Å². The number of oxazole rings is 1. The van der Waals surface area contributed by atoms with E-state index in [4.69, 9.17) is 16.0 Å². The van der Waals surface area contributed by atoms with Crippen molar-refractivity contribution in [2.45, 2.75) is 0 Å². The van der Waals surface area contributed by atoms with Gasteiger partial charge in [0.15, 0.2) is 5.58 Å². The zero-order chi connectivity index (χ0) is 17.9. The van der Waals surface area contributed by atoms with Gasteiger partial charge in [0, 0.05) is 29.4 Å². The molecule has 0 radical (unpaired) electrons. The molecule has 26 heavy (non-hydrogen) atoms. The molecular formula is C22H17ClN2O. The maximum absolute atomic E-state index is 6.00. The first-order valence-corrected chi connectivity index (χ1v) is 8.71. The molecule has 4 aromatic rings. The largest absolute Gasteiger partial charge is 0.436 e. The highest BCUT2D eigenvalue weighted by molar-refractivity contribution is 6.31. The zero-order valence-electron chi connectivity index (χ0n) is 14.2. The van der Waals surface area contributed by atoms with Crippen LogP contribution in [0, 0.1) is 0 Å². The Bertz CT molecular complexity index is 1060. The summed E-state index contributed by atoms with van der Waals surface area (Å²) in [6, 6.07) is 21.9. The number of benzene rings is 3. The van der Waals surface area contributed by atoms with E-state index in [-0.39, 0.29) is 0 Å². The monoisotopic (exact) mass is 360 g/mol. The molecule has 3 aromatic carbocycles. The third-order valence-corrected chi connectivity index (χ3v) is 4.41. The minimum absolute atomic E-state index is 0.598. The molecule has 1 aromatic heterocycles. The molecule has 0 fully saturated rings. The van der Waals surface area contributed by atoms with Gasteiger partial charge >= 0.3 is 0 Å². The van der Waals surface area contributed by atoms with E-state index in [0.717, 1.165) is 27.9 Å². The molecule has 0 aliphatic rings. The number of nitrogens with zero attached hydrogens (tertiary/aromatic N) is 1. The lowest BCUT2D eigenvalue weighted by Crippen LogP contribution is -1.86. The fraction of sp³-hybridized carbons (Fsp3) is 0.0455. The molecule has 0 spiro atoms. The summed E-state index contributed by atoms with van der Waals surface area (Å²) in [6.07, 6.45) is 4.18. The number of aromatic nitrogens is 1. The summed E-state index contributed by atoms with van der Waals surface area (Å²) in [7, 11) is 1.91. The Labute approximate surface area is 156 Å². The summed E-state index contributed by atoms with van der Waals surface area (Å²) in [6.45, 7) is 0. The molecule has 0 atom stereocenters. The van der Waals surface area contributed by atoms with Gasteiger partial charge in [0.25, 0.3) is 0 Å². The SMILES string of the molecule is CNc1ccc(/C=C/c2ccc(-c3nc4ccc(Cl)cc4o3)cc2)cc1. The van der Waals surface area contributed by atoms with E-state index in [1.165, 1.54) is 0 Å². The normalized spacial score (nSPS) is 11.3. The second-order valence-corrected chi connectivity index (χ2v) is 6.39. The molecule has 4 heteroatoms. The van der Waals surface area contributed by atoms with Gasteiger partial charge in [-0.1, -0.05) is 48.0 Å². The molecule has 0 amide bonds. The summed E-state index contributed by atoms with van der Waals surface area (Å²) in [4.78, 5) is 4.51. The standard InChI is InChI=1S/C22H17ClN2O/c1-24-19-11-6-16(7-12-19)3-2-15-4-8-17(9-5-15)22-25-20-13-10-18(23)14-21(20)26-22/h2-14,24H,1H3/b3-2+. The van der Waals surface area contributed by atoms with Crippen molar-refractivity contribution in [1.29, 1.82) is 0 Å². The molecule has 0 unspecified atom stereocenters. The van der Waals surface area contributed by atoms with Crippen LogP contribution in [-0.2, 0) is 0 Å². The van der Waals surface area contributed by atoms with Crippen LogP contribution in [-0.4, -0.2) is 12.0 Å². The summed E-state index contributed by atoms with van der Waals surface area (Å²) < 4.78 is 5.81. The lowest BCUT2D eigenvalue weighted by atomic mass is 10.1. The van der Waals surface area contributed by atoms with Crippen molar-refractivity contribution in [1.82, 2.24) is 4.98 Å². The van der Waals surface area contributed by atoms with Crippen LogP contribution >= 0.6 is 11.6 Å². The van der Waals surface area contributed by atoms with Crippen molar-refractivity contribution in [2.24, 2.45) is 0 Å². The van der Waals surface area contributed by atoms with Crippen LogP contribution in [0.25, 0.3) is 34.7 Å². The van der Waals surface area contributed by atoms with Gasteiger partial charge in [0.05, 0.1) is 0 Å². The molecule has 1 heterocycles. The average Bonchev–Trinajstić information content (AvgIpc) is 3.10. The Morgan fingerprint density at radius 3 is 2.19 bits per heavy atom. The molecule has 0 aliphatic heterocycles. The second-order valence-electron chi connectivity index (χ2n) is 5.96. The number of fused-ring (bicyclic) bond motifs is 1. The predicted octanol–water partition coefficient (Wildman–Crippen LogP) is 6.36. The Balaban J connectivity index is 1.54. The molecule has 0 bridgehead atoms. The molecule has 128 valence electrons. The van der Waals surface area contributed by atoms with Crippen molar-refractivity contribution in [3.05, 3.63) is 82.9 Å². The highest BCUT2D eigenvalue weighted by atomic mass is 35.5. The van der Waals surface area contributed by atoms with Crippen molar-refractivity contribution >= 4 is 40.5 Å². The van der Waals surface area contributed by atoms with Crippen LogP contribution < -0.4 is 5.32 Å². The number of hydrogen-bond acceptors (Lipinski definition) is 3. The fourth-order valence-corrected chi connectivity index (χ4v) is 2.87. The van der Waals surface area contributed by atoms with Crippen molar-refractivity contribution < 1.29 is 4.42 Å². The first-order valence-electron chi connectivity index (χ1n) is 8.34. The highest BCUT2D eigenvalue weighted by Gasteiger charge is 2.08. The van der Waals surface area contributed by atoms with Gasteiger partial charge in [-0.15, -0.1) is 0 Å². The molecule has 0 aliphatic carbocycles. The van der Waals surface area contributed by atoms with Crippen molar-refractivity contribution in [3.8, 4) is 11.5 Å². The van der Waals surface area contributed by atoms with Crippen LogP contribution in [0.5, 0.6) is 0 Å². The first kappa shape index (κ1) is 16.4. The first-order chi connectivity index (χ1) is 12.7. The number of hydrogen-bond donors (Lipinski definition) is 1. The quantitative estimate of drug-likeness (QED) is 0.430. The van der Waals surface area contributed by atoms with Crippen LogP contribution in [0.3, 0.4) is 0 Å². The third-order valence-electron chi connectivity index (χ3n) is 4.18. The number of anilines is 1. The summed E-state index contributed by atoms with van der Waals surface area (Å²) >= 11 is 6.00. The van der Waals surface area contributed by atoms with E-state index in [1.807, 2.05) is 31.3 Å². The van der Waals surface area contributed by atoms with E-state index < -0.39 is 0 Å². The van der Waals surface area contributed by atoms with Crippen LogP contribution in [0.15, 0.2) is 71.1 Å². The number of halogens is 1. The lowest BCUT2D eigenvalue weighted by Gasteiger charge is -2.00. The van der Waals surface area contributed by atoms with Gasteiger partial charge in [-0.2, -0.15) is 0 Å². The lowest BCUT2D eigenvalue weighted by molar-refractivity contribution is 0.620. The van der Waals surface area contributed by atoms with E-state index in [0.29, 0.717) is 16.5 Å². The maximum Gasteiger partial charge on any atom is 0.227 e. The molecular weight excluding hydrogens is 344 g/mol. The summed E-state index contributed by atoms with van der Waals surface area (Å²) in [5.41, 5.74) is 5.81. The van der Waals surface area contributed by atoms with Gasteiger partial charge in [0.2, 0.25) is 5.89 Å². The smallest absolute Gasteiger partial charge is 0.227 e. The van der Waals surface area contributed by atoms with E-state index in [9.17, 15) is 0 Å². The van der Waals surface area contributed by atoms with Gasteiger partial charge in [-0.3, -0.25) is 0 Å². The molecule has 3 nitrogen and oxygen atoms in total. The highest BCUT2D eigenvalue weighted by Crippen LogP contribution is 2.26. The van der Waals surface area contributed by atoms with Gasteiger partial charge < -0.3 is 9.73 Å². The van der Waals surface area contributed by atoms with E-state index in [2.05, 4.69) is 58.9 Å². The minimum Gasteiger partial charge on any atom is -0.436 e. The average molecular weight is 361 g/mol. The molecule has 0 saturated heterocycles. The van der Waals surface area contributed by atoms with E-state index >= 15 is 0 Å². The Morgan fingerprint density at radius 2 is 1.54 bits per heavy atom. The number of rotatable bonds is 4. The predicted molar refractivity (Wildman–Crippen MR) is 109 cm³/mol. The number of nitrogens with one attached hydrogen (secondary N) is 1. The molecule has 4 rings (SSSR count). The van der Waals surface area contributed by atoms with Crippen LogP contribution in [0.2, 0.25) is 5.02 Å². The fourth-order valence-electron chi connectivity index (χ4n) is 2.71. The Morgan fingerprint density at radius 1 is 0.885 bits per heavy atom. The summed E-state index contributed by atoms with van der Waals surface area (Å²) in [5, 5.41) is 3.76. The zero-order valence-corrected chi connectivity index (χ0v) is 15.0. The van der Waals surface area contributed by atoms with Gasteiger partial charge in [0.1, 0.15) is 5.52 Å². The van der Waals surface area contributed by atoms with Crippen LogP contribution in [0.4, 0.5) is 5.69 Å². The maximum atomic E-state index is 6.00. The second kappa shape index (κ2) is 7.06. The minimum atomic E-state index is 0.598. The summed E-state index contributed by atoms with van der Waals surface area (Å²) in [5.74, 6) is 0.598. The van der Waals surface area contributed by atoms with Crippen molar-refractivity contribution in [2.75, 3.05) is 12.4 Å². The Hall–Kier alpha value is -3.04. The Kier molecular flexibility index (Phi) is 4.46. The van der Waals surface area contributed by atoms with Gasteiger partial charge in [-0.25, -0.2) is 4.98 Å². The van der Waals surface area contributed by atoms with Crippen molar-refractivity contribution in [3.63, 3.8) is 0 Å². The third kappa shape index (κ3) is 3.48. The van der Waals surface area contributed by atoms with E-state index in [1.54, 1.807) is 6.07 Å². The topological polar surface area (TPSA) is 38.1 Å². The molecule has 0 saturated carbocycles.